The summed E-state index contributed by atoms with van der Waals surface area (Å²) in [5.41, 5.74) is -1.11. The third kappa shape index (κ3) is 7.84. The number of para-hydroxylation sites is 1. The lowest BCUT2D eigenvalue weighted by molar-refractivity contribution is -0.141. The maximum atomic E-state index is 13.9. The fourth-order valence-electron chi connectivity index (χ4n) is 6.95. The Kier molecular flexibility index (Phi) is 10.9. The number of ether oxygens (including phenoxy) is 1. The minimum Gasteiger partial charge on any atom is -0.446 e. The van der Waals surface area contributed by atoms with Crippen LogP contribution in [0.5, 0.6) is 0 Å². The van der Waals surface area contributed by atoms with Gasteiger partial charge in [0.05, 0.1) is 5.69 Å². The number of anilines is 1. The SMILES string of the molecule is C=C[C@@H]1C[C@@]12NC(=O)[C@@H]1CCCN1C(=O)[C@@H](NC(=O)OC1CCCC1)CCCCCCCCNc1ccccc1S(=O)(=O)NC2=O. The molecule has 5 rings (SSSR count). The van der Waals surface area contributed by atoms with Crippen LogP contribution >= 0.6 is 0 Å². The molecule has 0 aromatic heterocycles. The highest BCUT2D eigenvalue weighted by atomic mass is 32.2. The van der Waals surface area contributed by atoms with Gasteiger partial charge in [0.2, 0.25) is 11.8 Å². The summed E-state index contributed by atoms with van der Waals surface area (Å²) in [6.07, 6.45) is 11.2. The van der Waals surface area contributed by atoms with Crippen molar-refractivity contribution in [3.05, 3.63) is 36.9 Å². The molecule has 1 spiro atoms. The number of fused-ring (bicyclic) bond motifs is 2. The van der Waals surface area contributed by atoms with Gasteiger partial charge in [-0.1, -0.05) is 50.3 Å². The second-order valence-corrected chi connectivity index (χ2v) is 14.6. The van der Waals surface area contributed by atoms with Crippen LogP contribution in [0, 0.1) is 5.92 Å². The molecule has 0 radical (unpaired) electrons. The van der Waals surface area contributed by atoms with E-state index >= 15 is 0 Å². The van der Waals surface area contributed by atoms with E-state index in [1.165, 1.54) is 17.0 Å². The molecule has 0 bridgehead atoms. The van der Waals surface area contributed by atoms with Crippen LogP contribution in [0.4, 0.5) is 10.5 Å². The van der Waals surface area contributed by atoms with Crippen molar-refractivity contribution < 1.29 is 32.3 Å². The molecular formula is C33H47N5O7S. The first-order chi connectivity index (χ1) is 22.1. The van der Waals surface area contributed by atoms with Crippen LogP contribution < -0.4 is 20.7 Å². The Balaban J connectivity index is 1.36. The van der Waals surface area contributed by atoms with Crippen LogP contribution in [0.2, 0.25) is 0 Å². The lowest BCUT2D eigenvalue weighted by atomic mass is 10.0. The normalized spacial score (nSPS) is 29.7. The monoisotopic (exact) mass is 657 g/mol. The van der Waals surface area contributed by atoms with Crippen molar-refractivity contribution in [1.29, 1.82) is 0 Å². The largest absolute Gasteiger partial charge is 0.446 e. The van der Waals surface area contributed by atoms with Gasteiger partial charge >= 0.3 is 6.09 Å². The number of carbonyl (C=O) groups is 4. The molecule has 4 amide bonds. The van der Waals surface area contributed by atoms with Crippen LogP contribution in [0.25, 0.3) is 0 Å². The average molecular weight is 658 g/mol. The van der Waals surface area contributed by atoms with Gasteiger partial charge in [0, 0.05) is 19.0 Å². The van der Waals surface area contributed by atoms with Crippen molar-refractivity contribution in [1.82, 2.24) is 20.3 Å². The quantitative estimate of drug-likeness (QED) is 0.358. The van der Waals surface area contributed by atoms with Crippen LogP contribution in [0.3, 0.4) is 0 Å². The van der Waals surface area contributed by atoms with Gasteiger partial charge in [0.25, 0.3) is 15.9 Å². The van der Waals surface area contributed by atoms with E-state index in [1.807, 2.05) is 0 Å². The summed E-state index contributed by atoms with van der Waals surface area (Å²) in [5.74, 6) is -2.22. The molecule has 4 aliphatic rings. The highest BCUT2D eigenvalue weighted by molar-refractivity contribution is 7.90. The van der Waals surface area contributed by atoms with Gasteiger partial charge in [-0.15, -0.1) is 6.58 Å². The predicted octanol–water partition coefficient (Wildman–Crippen LogP) is 3.74. The maximum absolute atomic E-state index is 13.9. The summed E-state index contributed by atoms with van der Waals surface area (Å²) in [6.45, 7) is 4.66. The summed E-state index contributed by atoms with van der Waals surface area (Å²) in [6, 6.07) is 4.71. The van der Waals surface area contributed by atoms with E-state index in [0.717, 1.165) is 64.2 Å². The van der Waals surface area contributed by atoms with Gasteiger partial charge in [-0.2, -0.15) is 0 Å². The molecule has 2 saturated carbocycles. The number of alkyl carbamates (subject to hydrolysis) is 1. The highest BCUT2D eigenvalue weighted by Gasteiger charge is 2.61. The number of carbonyl (C=O) groups excluding carboxylic acids is 4. The molecule has 4 N–H and O–H groups in total. The van der Waals surface area contributed by atoms with Gasteiger partial charge in [0.1, 0.15) is 28.6 Å². The Morgan fingerprint density at radius 1 is 0.957 bits per heavy atom. The topological polar surface area (TPSA) is 163 Å². The van der Waals surface area contributed by atoms with Gasteiger partial charge in [-0.25, -0.2) is 17.9 Å². The number of amides is 4. The van der Waals surface area contributed by atoms with Crippen LogP contribution in [-0.4, -0.2) is 73.9 Å². The zero-order valence-corrected chi connectivity index (χ0v) is 27.2. The minimum absolute atomic E-state index is 0.0518. The molecule has 2 aliphatic carbocycles. The van der Waals surface area contributed by atoms with E-state index in [0.29, 0.717) is 38.0 Å². The number of hydrogen-bond donors (Lipinski definition) is 4. The Morgan fingerprint density at radius 2 is 1.65 bits per heavy atom. The molecular weight excluding hydrogens is 610 g/mol. The molecule has 4 atom stereocenters. The molecule has 2 heterocycles. The second kappa shape index (κ2) is 14.9. The van der Waals surface area contributed by atoms with Crippen molar-refractivity contribution in [2.75, 3.05) is 18.4 Å². The van der Waals surface area contributed by atoms with Crippen molar-refractivity contribution in [3.8, 4) is 0 Å². The van der Waals surface area contributed by atoms with Crippen LogP contribution in [0.1, 0.15) is 89.9 Å². The smallest absolute Gasteiger partial charge is 0.408 e. The number of benzene rings is 1. The Labute approximate surface area is 271 Å². The molecule has 3 fully saturated rings. The molecule has 13 heteroatoms. The fourth-order valence-corrected chi connectivity index (χ4v) is 8.17. The van der Waals surface area contributed by atoms with Crippen LogP contribution in [0.15, 0.2) is 41.8 Å². The van der Waals surface area contributed by atoms with Crippen molar-refractivity contribution >= 4 is 39.5 Å². The highest BCUT2D eigenvalue weighted by Crippen LogP contribution is 2.45. The van der Waals surface area contributed by atoms with Crippen molar-refractivity contribution in [2.45, 2.75) is 119 Å². The Morgan fingerprint density at radius 3 is 2.39 bits per heavy atom. The average Bonchev–Trinajstić information content (AvgIpc) is 3.33. The van der Waals surface area contributed by atoms with E-state index in [1.54, 1.807) is 18.2 Å². The molecule has 1 aromatic carbocycles. The summed E-state index contributed by atoms with van der Waals surface area (Å²) in [4.78, 5) is 55.5. The number of hydrogen-bond acceptors (Lipinski definition) is 8. The predicted molar refractivity (Wildman–Crippen MR) is 172 cm³/mol. The van der Waals surface area contributed by atoms with E-state index in [9.17, 15) is 27.6 Å². The molecule has 0 unspecified atom stereocenters. The first-order valence-electron chi connectivity index (χ1n) is 16.8. The zero-order valence-electron chi connectivity index (χ0n) is 26.4. The van der Waals surface area contributed by atoms with E-state index in [-0.39, 0.29) is 23.3 Å². The minimum atomic E-state index is -4.28. The summed E-state index contributed by atoms with van der Waals surface area (Å²) >= 11 is 0. The molecule has 12 nitrogen and oxygen atoms in total. The lowest BCUT2D eigenvalue weighted by Crippen LogP contribution is -2.58. The van der Waals surface area contributed by atoms with Crippen LogP contribution in [-0.2, 0) is 29.1 Å². The lowest BCUT2D eigenvalue weighted by Gasteiger charge is -2.30. The molecule has 46 heavy (non-hydrogen) atoms. The molecule has 2 aliphatic heterocycles. The standard InChI is InChI=1S/C33H47N5O7S/c1-2-23-22-33(23)31(41)37-46(43,44)28-19-11-10-16-25(28)34-20-12-6-4-3-5-7-17-26(35-32(42)45-24-14-8-9-15-24)30(40)38-21-13-18-27(38)29(39)36-33/h2,10-11,16,19,23-24,26-27,34H,1,3-9,12-15,17-18,20-22H2,(H,35,42)(H,36,39)(H,37,41)/t23-,26+,27+,33-/m1/s1. The van der Waals surface area contributed by atoms with Crippen molar-refractivity contribution in [2.24, 2.45) is 5.92 Å². The third-order valence-corrected chi connectivity index (χ3v) is 11.1. The number of nitrogens with one attached hydrogen (secondary N) is 4. The number of nitrogens with zero attached hydrogens (tertiary/aromatic N) is 1. The first kappa shape index (κ1) is 33.7. The molecule has 1 saturated heterocycles. The summed E-state index contributed by atoms with van der Waals surface area (Å²) in [7, 11) is -4.28. The van der Waals surface area contributed by atoms with E-state index in [4.69, 9.17) is 4.74 Å². The fraction of sp³-hybridized carbons (Fsp3) is 0.636. The maximum Gasteiger partial charge on any atom is 0.408 e. The number of rotatable bonds is 3. The number of sulfonamides is 1. The third-order valence-electron chi connectivity index (χ3n) is 9.69. The molecule has 252 valence electrons. The second-order valence-electron chi connectivity index (χ2n) is 13.0. The summed E-state index contributed by atoms with van der Waals surface area (Å²) < 4.78 is 34.7. The Hall–Kier alpha value is -3.61. The van der Waals surface area contributed by atoms with Gasteiger partial charge < -0.3 is 25.6 Å². The van der Waals surface area contributed by atoms with Gasteiger partial charge in [0.15, 0.2) is 0 Å². The van der Waals surface area contributed by atoms with Gasteiger partial charge in [-0.05, 0) is 69.9 Å². The Bertz CT molecular complexity index is 1410. The van der Waals surface area contributed by atoms with Gasteiger partial charge in [-0.3, -0.25) is 14.4 Å². The summed E-state index contributed by atoms with van der Waals surface area (Å²) in [5, 5.41) is 8.79. The van der Waals surface area contributed by atoms with E-state index < -0.39 is 51.5 Å². The first-order valence-corrected chi connectivity index (χ1v) is 18.3. The van der Waals surface area contributed by atoms with E-state index in [2.05, 4.69) is 27.3 Å². The zero-order chi connectivity index (χ0) is 32.7. The van der Waals surface area contributed by atoms with Crippen molar-refractivity contribution in [3.63, 3.8) is 0 Å². The molecule has 1 aromatic rings.